The molecule has 2 rings (SSSR count). The quantitative estimate of drug-likeness (QED) is 0.898. The van der Waals surface area contributed by atoms with Gasteiger partial charge in [0.25, 0.3) is 5.91 Å². The van der Waals surface area contributed by atoms with Crippen molar-refractivity contribution in [3.63, 3.8) is 0 Å². The maximum absolute atomic E-state index is 12.1. The van der Waals surface area contributed by atoms with Crippen molar-refractivity contribution in [2.24, 2.45) is 0 Å². The topological polar surface area (TPSA) is 58.6 Å². The SMILES string of the molecule is COc1ccc(C(=O)Nc2ccc(Br)c(C)c2)c(O)c1. The van der Waals surface area contributed by atoms with Crippen molar-refractivity contribution in [2.75, 3.05) is 12.4 Å². The van der Waals surface area contributed by atoms with E-state index in [-0.39, 0.29) is 17.2 Å². The third-order valence-electron chi connectivity index (χ3n) is 2.87. The minimum atomic E-state index is -0.369. The van der Waals surface area contributed by atoms with Crippen LogP contribution in [-0.2, 0) is 0 Å². The van der Waals surface area contributed by atoms with E-state index >= 15 is 0 Å². The fourth-order valence-corrected chi connectivity index (χ4v) is 2.00. The molecule has 2 aromatic rings. The molecule has 2 aromatic carbocycles. The molecule has 0 aliphatic carbocycles. The van der Waals surface area contributed by atoms with Crippen molar-refractivity contribution < 1.29 is 14.6 Å². The van der Waals surface area contributed by atoms with E-state index in [0.717, 1.165) is 10.0 Å². The molecule has 20 heavy (non-hydrogen) atoms. The molecule has 0 spiro atoms. The van der Waals surface area contributed by atoms with E-state index in [0.29, 0.717) is 11.4 Å². The molecular weight excluding hydrogens is 322 g/mol. The van der Waals surface area contributed by atoms with Crippen molar-refractivity contribution in [3.05, 3.63) is 52.0 Å². The van der Waals surface area contributed by atoms with Gasteiger partial charge in [0, 0.05) is 16.2 Å². The van der Waals surface area contributed by atoms with Crippen LogP contribution in [-0.4, -0.2) is 18.1 Å². The molecule has 0 saturated heterocycles. The van der Waals surface area contributed by atoms with Crippen LogP contribution >= 0.6 is 15.9 Å². The summed E-state index contributed by atoms with van der Waals surface area (Å²) in [6.45, 7) is 1.94. The highest BCUT2D eigenvalue weighted by Gasteiger charge is 2.12. The summed E-state index contributed by atoms with van der Waals surface area (Å²) >= 11 is 3.40. The van der Waals surface area contributed by atoms with Crippen molar-refractivity contribution in [1.82, 2.24) is 0 Å². The van der Waals surface area contributed by atoms with Crippen LogP contribution in [0.4, 0.5) is 5.69 Å². The number of anilines is 1. The molecule has 0 radical (unpaired) electrons. The monoisotopic (exact) mass is 335 g/mol. The number of amides is 1. The van der Waals surface area contributed by atoms with E-state index in [4.69, 9.17) is 4.74 Å². The first-order chi connectivity index (χ1) is 9.51. The Labute approximate surface area is 125 Å². The Balaban J connectivity index is 2.21. The zero-order valence-corrected chi connectivity index (χ0v) is 12.7. The van der Waals surface area contributed by atoms with Crippen LogP contribution in [0.15, 0.2) is 40.9 Å². The van der Waals surface area contributed by atoms with E-state index in [1.807, 2.05) is 19.1 Å². The number of rotatable bonds is 3. The number of benzene rings is 2. The summed E-state index contributed by atoms with van der Waals surface area (Å²) in [5, 5.41) is 12.6. The van der Waals surface area contributed by atoms with Gasteiger partial charge >= 0.3 is 0 Å². The van der Waals surface area contributed by atoms with Crippen LogP contribution < -0.4 is 10.1 Å². The van der Waals surface area contributed by atoms with Gasteiger partial charge in [0.15, 0.2) is 0 Å². The Morgan fingerprint density at radius 2 is 2.00 bits per heavy atom. The molecule has 0 saturated carbocycles. The molecule has 0 fully saturated rings. The summed E-state index contributed by atoms with van der Waals surface area (Å²) in [6, 6.07) is 10.1. The molecule has 4 nitrogen and oxygen atoms in total. The summed E-state index contributed by atoms with van der Waals surface area (Å²) in [5.74, 6) is 0.0149. The Kier molecular flexibility index (Phi) is 4.29. The summed E-state index contributed by atoms with van der Waals surface area (Å²) < 4.78 is 5.95. The predicted octanol–water partition coefficient (Wildman–Crippen LogP) is 3.72. The molecule has 0 unspecified atom stereocenters. The molecule has 0 heterocycles. The van der Waals surface area contributed by atoms with Gasteiger partial charge in [-0.1, -0.05) is 15.9 Å². The van der Waals surface area contributed by atoms with Crippen LogP contribution in [0.5, 0.6) is 11.5 Å². The number of methoxy groups -OCH3 is 1. The third-order valence-corrected chi connectivity index (χ3v) is 3.76. The van der Waals surface area contributed by atoms with Crippen LogP contribution in [0.2, 0.25) is 0 Å². The van der Waals surface area contributed by atoms with Crippen molar-refractivity contribution in [2.45, 2.75) is 6.92 Å². The van der Waals surface area contributed by atoms with Gasteiger partial charge < -0.3 is 15.2 Å². The molecule has 0 aromatic heterocycles. The number of aromatic hydroxyl groups is 1. The molecule has 0 bridgehead atoms. The highest BCUT2D eigenvalue weighted by atomic mass is 79.9. The van der Waals surface area contributed by atoms with Crippen molar-refractivity contribution in [1.29, 1.82) is 0 Å². The van der Waals surface area contributed by atoms with Gasteiger partial charge in [0.05, 0.1) is 12.7 Å². The zero-order valence-electron chi connectivity index (χ0n) is 11.1. The Hall–Kier alpha value is -2.01. The van der Waals surface area contributed by atoms with E-state index < -0.39 is 0 Å². The number of ether oxygens (including phenoxy) is 1. The highest BCUT2D eigenvalue weighted by molar-refractivity contribution is 9.10. The van der Waals surface area contributed by atoms with E-state index in [1.165, 1.54) is 19.2 Å². The summed E-state index contributed by atoms with van der Waals surface area (Å²) in [5.41, 5.74) is 1.89. The smallest absolute Gasteiger partial charge is 0.259 e. The minimum Gasteiger partial charge on any atom is -0.507 e. The summed E-state index contributed by atoms with van der Waals surface area (Å²) in [4.78, 5) is 12.1. The normalized spacial score (nSPS) is 10.2. The lowest BCUT2D eigenvalue weighted by Crippen LogP contribution is -2.12. The molecule has 5 heteroatoms. The standard InChI is InChI=1S/C15H14BrNO3/c1-9-7-10(3-6-13(9)16)17-15(19)12-5-4-11(20-2)8-14(12)18/h3-8,18H,1-2H3,(H,17,19). The molecule has 0 aliphatic rings. The average molecular weight is 336 g/mol. The van der Waals surface area contributed by atoms with Crippen LogP contribution in [0, 0.1) is 6.92 Å². The summed E-state index contributed by atoms with van der Waals surface area (Å²) in [7, 11) is 1.50. The van der Waals surface area contributed by atoms with Gasteiger partial charge in [0.1, 0.15) is 11.5 Å². The number of hydrogen-bond donors (Lipinski definition) is 2. The molecule has 0 aliphatic heterocycles. The summed E-state index contributed by atoms with van der Waals surface area (Å²) in [6.07, 6.45) is 0. The van der Waals surface area contributed by atoms with Gasteiger partial charge in [-0.2, -0.15) is 0 Å². The van der Waals surface area contributed by atoms with E-state index in [9.17, 15) is 9.90 Å². The number of phenols is 1. The Bertz CT molecular complexity index is 656. The lowest BCUT2D eigenvalue weighted by atomic mass is 10.1. The predicted molar refractivity (Wildman–Crippen MR) is 81.5 cm³/mol. The Morgan fingerprint density at radius 1 is 1.25 bits per heavy atom. The average Bonchev–Trinajstić information content (AvgIpc) is 2.42. The van der Waals surface area contributed by atoms with Gasteiger partial charge in [-0.15, -0.1) is 0 Å². The Morgan fingerprint density at radius 3 is 2.60 bits per heavy atom. The second kappa shape index (κ2) is 5.96. The first kappa shape index (κ1) is 14.4. The van der Waals surface area contributed by atoms with Gasteiger partial charge in [-0.05, 0) is 42.8 Å². The molecule has 2 N–H and O–H groups in total. The number of phenolic OH excluding ortho intramolecular Hbond substituents is 1. The van der Waals surface area contributed by atoms with Gasteiger partial charge in [-0.25, -0.2) is 0 Å². The second-order valence-electron chi connectivity index (χ2n) is 4.30. The van der Waals surface area contributed by atoms with Crippen LogP contribution in [0.3, 0.4) is 0 Å². The first-order valence-electron chi connectivity index (χ1n) is 5.96. The molecule has 104 valence electrons. The number of aryl methyl sites for hydroxylation is 1. The maximum atomic E-state index is 12.1. The van der Waals surface area contributed by atoms with E-state index in [1.54, 1.807) is 12.1 Å². The fourth-order valence-electron chi connectivity index (χ4n) is 1.75. The number of halogens is 1. The molecular formula is C15H14BrNO3. The van der Waals surface area contributed by atoms with Crippen molar-refractivity contribution >= 4 is 27.5 Å². The largest absolute Gasteiger partial charge is 0.507 e. The maximum Gasteiger partial charge on any atom is 0.259 e. The fraction of sp³-hybridized carbons (Fsp3) is 0.133. The number of nitrogens with one attached hydrogen (secondary N) is 1. The third kappa shape index (κ3) is 3.11. The second-order valence-corrected chi connectivity index (χ2v) is 5.16. The van der Waals surface area contributed by atoms with Crippen LogP contribution in [0.25, 0.3) is 0 Å². The molecule has 1 amide bonds. The van der Waals surface area contributed by atoms with Gasteiger partial charge in [-0.3, -0.25) is 4.79 Å². The lowest BCUT2D eigenvalue weighted by Gasteiger charge is -2.09. The van der Waals surface area contributed by atoms with Crippen molar-refractivity contribution in [3.8, 4) is 11.5 Å². The number of hydrogen-bond acceptors (Lipinski definition) is 3. The minimum absolute atomic E-state index is 0.115. The number of carbonyl (C=O) groups is 1. The van der Waals surface area contributed by atoms with Crippen LogP contribution in [0.1, 0.15) is 15.9 Å². The van der Waals surface area contributed by atoms with Gasteiger partial charge in [0.2, 0.25) is 0 Å². The number of carbonyl (C=O) groups excluding carboxylic acids is 1. The lowest BCUT2D eigenvalue weighted by molar-refractivity contribution is 0.102. The van der Waals surface area contributed by atoms with E-state index in [2.05, 4.69) is 21.2 Å². The zero-order chi connectivity index (χ0) is 14.7. The highest BCUT2D eigenvalue weighted by Crippen LogP contribution is 2.25. The molecule has 0 atom stereocenters. The first-order valence-corrected chi connectivity index (χ1v) is 6.75.